The van der Waals surface area contributed by atoms with Gasteiger partial charge in [0.15, 0.2) is 0 Å². The van der Waals surface area contributed by atoms with Gasteiger partial charge in [0.1, 0.15) is 0 Å². The van der Waals surface area contributed by atoms with Gasteiger partial charge in [0.05, 0.1) is 12.7 Å². The van der Waals surface area contributed by atoms with Crippen LogP contribution in [0.4, 0.5) is 0 Å². The van der Waals surface area contributed by atoms with Crippen molar-refractivity contribution in [3.8, 4) is 0 Å². The average Bonchev–Trinajstić information content (AvgIpc) is 2.69. The van der Waals surface area contributed by atoms with Gasteiger partial charge in [-0.3, -0.25) is 0 Å². The minimum atomic E-state index is -0.443. The average molecular weight is 367 g/mol. The fourth-order valence-electron chi connectivity index (χ4n) is 6.07. The summed E-state index contributed by atoms with van der Waals surface area (Å²) in [6.45, 7) is 5.04. The van der Waals surface area contributed by atoms with Crippen molar-refractivity contribution >= 4 is 0 Å². The van der Waals surface area contributed by atoms with Crippen molar-refractivity contribution in [3.63, 3.8) is 0 Å². The number of rotatable bonds is 7. The highest BCUT2D eigenvalue weighted by molar-refractivity contribution is 4.89. The Morgan fingerprint density at radius 3 is 1.81 bits per heavy atom. The van der Waals surface area contributed by atoms with Crippen molar-refractivity contribution in [2.45, 2.75) is 103 Å². The van der Waals surface area contributed by atoms with Crippen molar-refractivity contribution < 1.29 is 14.2 Å². The normalized spacial score (nSPS) is 41.9. The Morgan fingerprint density at radius 1 is 0.769 bits per heavy atom. The van der Waals surface area contributed by atoms with Crippen LogP contribution in [0.5, 0.6) is 0 Å². The Kier molecular flexibility index (Phi) is 8.27. The van der Waals surface area contributed by atoms with Gasteiger partial charge in [-0.2, -0.15) is 0 Å². The Hall–Kier alpha value is -0.120. The highest BCUT2D eigenvalue weighted by Gasteiger charge is 2.43. The molecule has 3 unspecified atom stereocenters. The van der Waals surface area contributed by atoms with Crippen molar-refractivity contribution in [1.29, 1.82) is 0 Å². The van der Waals surface area contributed by atoms with Gasteiger partial charge in [0.2, 0.25) is 0 Å². The maximum atomic E-state index is 6.37. The molecule has 0 aromatic carbocycles. The van der Waals surface area contributed by atoms with Crippen LogP contribution in [-0.4, -0.2) is 26.3 Å². The van der Waals surface area contributed by atoms with Crippen LogP contribution in [0.25, 0.3) is 0 Å². The van der Waals surface area contributed by atoms with Gasteiger partial charge in [-0.05, 0) is 49.4 Å². The molecule has 26 heavy (non-hydrogen) atoms. The van der Waals surface area contributed by atoms with E-state index < -0.39 is 6.48 Å². The van der Waals surface area contributed by atoms with E-state index in [0.717, 1.165) is 24.4 Å². The molecular formula is C23H42O3. The SMILES string of the molecule is CCCC1CCC(C2COC(OC)OC2C2CCC(CCC)CC2)CC1. The van der Waals surface area contributed by atoms with Gasteiger partial charge in [-0.25, -0.2) is 0 Å². The Morgan fingerprint density at radius 2 is 1.31 bits per heavy atom. The summed E-state index contributed by atoms with van der Waals surface area (Å²) in [6, 6.07) is 0. The molecule has 3 fully saturated rings. The van der Waals surface area contributed by atoms with Crippen molar-refractivity contribution in [3.05, 3.63) is 0 Å². The molecule has 0 amide bonds. The molecule has 3 nitrogen and oxygen atoms in total. The second-order valence-electron chi connectivity index (χ2n) is 9.26. The van der Waals surface area contributed by atoms with Crippen LogP contribution < -0.4 is 0 Å². The Labute approximate surface area is 161 Å². The first kappa shape index (κ1) is 20.6. The van der Waals surface area contributed by atoms with E-state index in [1.54, 1.807) is 7.11 Å². The van der Waals surface area contributed by atoms with E-state index in [1.807, 2.05) is 0 Å². The van der Waals surface area contributed by atoms with E-state index in [2.05, 4.69) is 13.8 Å². The second-order valence-corrected chi connectivity index (χ2v) is 9.26. The predicted octanol–water partition coefficient (Wildman–Crippen LogP) is 6.16. The summed E-state index contributed by atoms with van der Waals surface area (Å²) in [6.07, 6.45) is 16.9. The molecule has 3 rings (SSSR count). The predicted molar refractivity (Wildman–Crippen MR) is 106 cm³/mol. The molecule has 0 bridgehead atoms. The first-order valence-corrected chi connectivity index (χ1v) is 11.5. The van der Waals surface area contributed by atoms with Crippen molar-refractivity contribution in [2.24, 2.45) is 29.6 Å². The summed E-state index contributed by atoms with van der Waals surface area (Å²) in [5.74, 6) is 4.01. The zero-order chi connectivity index (χ0) is 18.4. The molecule has 2 saturated carbocycles. The lowest BCUT2D eigenvalue weighted by molar-refractivity contribution is -0.350. The molecule has 1 saturated heterocycles. The maximum Gasteiger partial charge on any atom is 0.271 e. The molecule has 0 spiro atoms. The van der Waals surface area contributed by atoms with Crippen LogP contribution in [-0.2, 0) is 14.2 Å². The largest absolute Gasteiger partial charge is 0.333 e. The standard InChI is InChI=1S/C23H42O3/c1-4-6-17-8-12-19(13-9-17)21-16-25-23(24-3)26-22(21)20-14-10-18(7-5-2)11-15-20/h17-23H,4-16H2,1-3H3. The highest BCUT2D eigenvalue weighted by Crippen LogP contribution is 2.44. The van der Waals surface area contributed by atoms with Crippen LogP contribution in [0, 0.1) is 29.6 Å². The maximum absolute atomic E-state index is 6.37. The van der Waals surface area contributed by atoms with Crippen molar-refractivity contribution in [1.82, 2.24) is 0 Å². The summed E-state index contributed by atoms with van der Waals surface area (Å²) in [5, 5.41) is 0. The molecule has 0 N–H and O–H groups in total. The fraction of sp³-hybridized carbons (Fsp3) is 1.00. The van der Waals surface area contributed by atoms with Crippen LogP contribution in [0.2, 0.25) is 0 Å². The van der Waals surface area contributed by atoms with E-state index in [-0.39, 0.29) is 0 Å². The van der Waals surface area contributed by atoms with Crippen molar-refractivity contribution in [2.75, 3.05) is 13.7 Å². The molecule has 0 aromatic heterocycles. The number of hydrogen-bond acceptors (Lipinski definition) is 3. The lowest BCUT2D eigenvalue weighted by Gasteiger charge is -2.46. The first-order chi connectivity index (χ1) is 12.7. The molecule has 1 heterocycles. The van der Waals surface area contributed by atoms with Crippen LogP contribution in [0.1, 0.15) is 90.9 Å². The van der Waals surface area contributed by atoms with Gasteiger partial charge in [0, 0.05) is 13.0 Å². The summed E-state index contributed by atoms with van der Waals surface area (Å²) in [5.41, 5.74) is 0. The van der Waals surface area contributed by atoms with E-state index in [9.17, 15) is 0 Å². The number of methoxy groups -OCH3 is 1. The monoisotopic (exact) mass is 366 g/mol. The van der Waals surface area contributed by atoms with Gasteiger partial charge >= 0.3 is 0 Å². The van der Waals surface area contributed by atoms with Crippen LogP contribution in [0.15, 0.2) is 0 Å². The zero-order valence-corrected chi connectivity index (χ0v) is 17.5. The first-order valence-electron chi connectivity index (χ1n) is 11.5. The molecule has 3 heteroatoms. The number of hydrogen-bond donors (Lipinski definition) is 0. The topological polar surface area (TPSA) is 27.7 Å². The summed E-state index contributed by atoms with van der Waals surface area (Å²) in [4.78, 5) is 0. The quantitative estimate of drug-likeness (QED) is 0.540. The summed E-state index contributed by atoms with van der Waals surface area (Å²) >= 11 is 0. The molecule has 152 valence electrons. The summed E-state index contributed by atoms with van der Waals surface area (Å²) in [7, 11) is 1.70. The van der Waals surface area contributed by atoms with E-state index in [4.69, 9.17) is 14.2 Å². The smallest absolute Gasteiger partial charge is 0.271 e. The minimum absolute atomic E-state index is 0.351. The molecule has 0 aromatic rings. The van der Waals surface area contributed by atoms with Gasteiger partial charge in [-0.1, -0.05) is 65.2 Å². The molecule has 2 aliphatic carbocycles. The Balaban J connectivity index is 1.58. The third-order valence-electron chi connectivity index (χ3n) is 7.55. The molecule has 1 aliphatic heterocycles. The minimum Gasteiger partial charge on any atom is -0.333 e. The van der Waals surface area contributed by atoms with Gasteiger partial charge in [-0.15, -0.1) is 0 Å². The van der Waals surface area contributed by atoms with E-state index in [0.29, 0.717) is 17.9 Å². The second kappa shape index (κ2) is 10.4. The summed E-state index contributed by atoms with van der Waals surface area (Å²) < 4.78 is 17.7. The third kappa shape index (κ3) is 5.23. The van der Waals surface area contributed by atoms with Gasteiger partial charge in [0.25, 0.3) is 6.48 Å². The fourth-order valence-corrected chi connectivity index (χ4v) is 6.07. The molecule has 3 aliphatic rings. The van der Waals surface area contributed by atoms with E-state index >= 15 is 0 Å². The van der Waals surface area contributed by atoms with Crippen LogP contribution >= 0.6 is 0 Å². The van der Waals surface area contributed by atoms with E-state index in [1.165, 1.54) is 77.0 Å². The third-order valence-corrected chi connectivity index (χ3v) is 7.55. The molecular weight excluding hydrogens is 324 g/mol. The lowest BCUT2D eigenvalue weighted by Crippen LogP contribution is -2.48. The highest BCUT2D eigenvalue weighted by atomic mass is 16.8. The van der Waals surface area contributed by atoms with Crippen LogP contribution in [0.3, 0.4) is 0 Å². The lowest BCUT2D eigenvalue weighted by atomic mass is 9.68. The molecule has 3 atom stereocenters. The van der Waals surface area contributed by atoms with Gasteiger partial charge < -0.3 is 14.2 Å². The number of ether oxygens (including phenoxy) is 3. The zero-order valence-electron chi connectivity index (χ0n) is 17.5. The molecule has 0 radical (unpaired) electrons. The Bertz CT molecular complexity index is 383.